The number of amides is 1. The molecule has 1 N–H and O–H groups in total. The largest absolute Gasteiger partial charge is 0.545 e. The van der Waals surface area contributed by atoms with E-state index in [9.17, 15) is 14.7 Å². The molecule has 0 atom stereocenters. The van der Waals surface area contributed by atoms with Crippen LogP contribution < -0.4 is 10.4 Å². The van der Waals surface area contributed by atoms with Crippen LogP contribution >= 0.6 is 11.6 Å². The monoisotopic (exact) mass is 238 g/mol. The lowest BCUT2D eigenvalue weighted by molar-refractivity contribution is -0.297. The second-order valence-electron chi connectivity index (χ2n) is 3.10. The number of carboxylic acid groups (broad SMARTS) is 1. The first-order valence-electron chi connectivity index (χ1n) is 4.45. The number of aliphatic carboxylic acids is 1. The molecule has 16 heavy (non-hydrogen) atoms. The van der Waals surface area contributed by atoms with Gasteiger partial charge in [0, 0.05) is 16.8 Å². The third kappa shape index (κ3) is 3.74. The van der Waals surface area contributed by atoms with Gasteiger partial charge in [0.2, 0.25) is 5.91 Å². The molecule has 0 unspecified atom stereocenters. The summed E-state index contributed by atoms with van der Waals surface area (Å²) in [6, 6.07) is 4.97. The van der Waals surface area contributed by atoms with E-state index in [1.165, 1.54) is 0 Å². The van der Waals surface area contributed by atoms with E-state index in [-0.39, 0.29) is 0 Å². The van der Waals surface area contributed by atoms with Gasteiger partial charge in [-0.3, -0.25) is 4.79 Å². The Morgan fingerprint density at radius 1 is 1.38 bits per heavy atom. The average molecular weight is 239 g/mol. The summed E-state index contributed by atoms with van der Waals surface area (Å²) < 4.78 is 0. The van der Waals surface area contributed by atoms with Crippen molar-refractivity contribution in [3.05, 3.63) is 40.9 Å². The molecule has 1 aromatic carbocycles. The van der Waals surface area contributed by atoms with E-state index in [2.05, 4.69) is 5.32 Å². The van der Waals surface area contributed by atoms with E-state index in [1.807, 2.05) is 0 Å². The van der Waals surface area contributed by atoms with Crippen LogP contribution in [-0.2, 0) is 9.59 Å². The molecular weight excluding hydrogens is 230 g/mol. The first-order valence-corrected chi connectivity index (χ1v) is 4.83. The molecule has 84 valence electrons. The molecule has 1 aromatic rings. The summed E-state index contributed by atoms with van der Waals surface area (Å²) >= 11 is 5.74. The van der Waals surface area contributed by atoms with Gasteiger partial charge in [0.1, 0.15) is 0 Å². The van der Waals surface area contributed by atoms with E-state index < -0.39 is 11.9 Å². The molecule has 1 amide bonds. The number of rotatable bonds is 3. The van der Waals surface area contributed by atoms with Crippen molar-refractivity contribution in [3.8, 4) is 0 Å². The highest BCUT2D eigenvalue weighted by Crippen LogP contribution is 2.19. The van der Waals surface area contributed by atoms with Crippen molar-refractivity contribution >= 4 is 29.2 Å². The van der Waals surface area contributed by atoms with Gasteiger partial charge in [-0.2, -0.15) is 0 Å². The Balaban J connectivity index is 2.73. The van der Waals surface area contributed by atoms with Gasteiger partial charge in [0.05, 0.1) is 5.97 Å². The van der Waals surface area contributed by atoms with Crippen molar-refractivity contribution in [2.75, 3.05) is 5.32 Å². The van der Waals surface area contributed by atoms with Crippen molar-refractivity contribution in [2.45, 2.75) is 6.92 Å². The van der Waals surface area contributed by atoms with Crippen molar-refractivity contribution in [2.24, 2.45) is 0 Å². The molecule has 0 aliphatic carbocycles. The fraction of sp³-hybridized carbons (Fsp3) is 0.0909. The highest BCUT2D eigenvalue weighted by molar-refractivity contribution is 6.30. The molecule has 0 aromatic heterocycles. The van der Waals surface area contributed by atoms with Crippen LogP contribution in [0, 0.1) is 6.92 Å². The SMILES string of the molecule is Cc1cc(Cl)ccc1NC(=O)/C=C/C(=O)[O-]. The summed E-state index contributed by atoms with van der Waals surface area (Å²) in [6.07, 6.45) is 1.56. The summed E-state index contributed by atoms with van der Waals surface area (Å²) in [6.45, 7) is 1.78. The molecule has 0 saturated heterocycles. The lowest BCUT2D eigenvalue weighted by Crippen LogP contribution is -2.20. The van der Waals surface area contributed by atoms with Crippen molar-refractivity contribution in [3.63, 3.8) is 0 Å². The maximum absolute atomic E-state index is 11.2. The summed E-state index contributed by atoms with van der Waals surface area (Å²) in [7, 11) is 0. The zero-order chi connectivity index (χ0) is 12.1. The Morgan fingerprint density at radius 3 is 2.62 bits per heavy atom. The van der Waals surface area contributed by atoms with Crippen LogP contribution in [0.15, 0.2) is 30.4 Å². The molecule has 0 fully saturated rings. The maximum Gasteiger partial charge on any atom is 0.248 e. The smallest absolute Gasteiger partial charge is 0.248 e. The summed E-state index contributed by atoms with van der Waals surface area (Å²) in [5, 5.41) is 13.2. The molecule has 0 saturated carbocycles. The number of halogens is 1. The van der Waals surface area contributed by atoms with Crippen LogP contribution in [0.2, 0.25) is 5.02 Å². The van der Waals surface area contributed by atoms with Crippen LogP contribution in [0.1, 0.15) is 5.56 Å². The Kier molecular flexibility index (Phi) is 4.08. The van der Waals surface area contributed by atoms with Gasteiger partial charge < -0.3 is 15.2 Å². The predicted molar refractivity (Wildman–Crippen MR) is 59.0 cm³/mol. The second kappa shape index (κ2) is 5.32. The Labute approximate surface area is 97.5 Å². The predicted octanol–water partition coefficient (Wildman–Crippen LogP) is 0.893. The molecule has 0 aliphatic rings. The molecule has 1 rings (SSSR count). The van der Waals surface area contributed by atoms with Gasteiger partial charge in [-0.25, -0.2) is 0 Å². The summed E-state index contributed by atoms with van der Waals surface area (Å²) in [4.78, 5) is 21.3. The molecule has 0 radical (unpaired) electrons. The lowest BCUT2D eigenvalue weighted by Gasteiger charge is -2.06. The van der Waals surface area contributed by atoms with E-state index in [1.54, 1.807) is 25.1 Å². The molecular formula is C11H9ClNO3-. The van der Waals surface area contributed by atoms with Gasteiger partial charge in [-0.05, 0) is 36.8 Å². The molecule has 4 nitrogen and oxygen atoms in total. The minimum absolute atomic E-state index is 0.533. The first-order chi connectivity index (χ1) is 7.49. The number of carboxylic acids is 1. The fourth-order valence-corrected chi connectivity index (χ4v) is 1.31. The van der Waals surface area contributed by atoms with Gasteiger partial charge in [0.15, 0.2) is 0 Å². The summed E-state index contributed by atoms with van der Waals surface area (Å²) in [5.74, 6) is -1.95. The highest BCUT2D eigenvalue weighted by atomic mass is 35.5. The van der Waals surface area contributed by atoms with Crippen LogP contribution in [0.3, 0.4) is 0 Å². The molecule has 0 aliphatic heterocycles. The number of hydrogen-bond acceptors (Lipinski definition) is 3. The Hall–Kier alpha value is -1.81. The maximum atomic E-state index is 11.2. The first kappa shape index (κ1) is 12.3. The molecule has 0 spiro atoms. The zero-order valence-electron chi connectivity index (χ0n) is 8.49. The van der Waals surface area contributed by atoms with Crippen LogP contribution in [0.25, 0.3) is 0 Å². The number of carbonyl (C=O) groups is 2. The van der Waals surface area contributed by atoms with Crippen LogP contribution in [0.4, 0.5) is 5.69 Å². The molecule has 0 bridgehead atoms. The second-order valence-corrected chi connectivity index (χ2v) is 3.54. The van der Waals surface area contributed by atoms with Crippen molar-refractivity contribution in [1.82, 2.24) is 0 Å². The van der Waals surface area contributed by atoms with Gasteiger partial charge in [-0.1, -0.05) is 11.6 Å². The topological polar surface area (TPSA) is 69.2 Å². The highest BCUT2D eigenvalue weighted by Gasteiger charge is 2.01. The van der Waals surface area contributed by atoms with Crippen LogP contribution in [0.5, 0.6) is 0 Å². The lowest BCUT2D eigenvalue weighted by atomic mass is 10.2. The number of hydrogen-bond donors (Lipinski definition) is 1. The van der Waals surface area contributed by atoms with E-state index >= 15 is 0 Å². The van der Waals surface area contributed by atoms with Crippen LogP contribution in [-0.4, -0.2) is 11.9 Å². The van der Waals surface area contributed by atoms with E-state index in [4.69, 9.17) is 11.6 Å². The Morgan fingerprint density at radius 2 is 2.06 bits per heavy atom. The van der Waals surface area contributed by atoms with E-state index in [0.717, 1.165) is 11.6 Å². The minimum Gasteiger partial charge on any atom is -0.545 e. The molecule has 5 heteroatoms. The average Bonchev–Trinajstić information content (AvgIpc) is 2.19. The third-order valence-corrected chi connectivity index (χ3v) is 2.05. The quantitative estimate of drug-likeness (QED) is 0.796. The standard InChI is InChI=1S/C11H10ClNO3/c1-7-6-8(12)2-3-9(7)13-10(14)4-5-11(15)16/h2-6H,1H3,(H,13,14)(H,15,16)/p-1/b5-4+. The minimum atomic E-state index is -1.41. The van der Waals surface area contributed by atoms with E-state index in [0.29, 0.717) is 16.8 Å². The fourth-order valence-electron chi connectivity index (χ4n) is 1.09. The Bertz CT molecular complexity index is 455. The number of benzene rings is 1. The normalized spacial score (nSPS) is 10.4. The number of anilines is 1. The third-order valence-electron chi connectivity index (χ3n) is 1.82. The van der Waals surface area contributed by atoms with Crippen molar-refractivity contribution < 1.29 is 14.7 Å². The van der Waals surface area contributed by atoms with Gasteiger partial charge >= 0.3 is 0 Å². The number of nitrogens with one attached hydrogen (secondary N) is 1. The number of aryl methyl sites for hydroxylation is 1. The van der Waals surface area contributed by atoms with Gasteiger partial charge in [-0.15, -0.1) is 0 Å². The molecule has 0 heterocycles. The van der Waals surface area contributed by atoms with Crippen molar-refractivity contribution in [1.29, 1.82) is 0 Å². The summed E-state index contributed by atoms with van der Waals surface area (Å²) in [5.41, 5.74) is 1.38. The number of carbonyl (C=O) groups excluding carboxylic acids is 2. The zero-order valence-corrected chi connectivity index (χ0v) is 9.25. The van der Waals surface area contributed by atoms with Gasteiger partial charge in [0.25, 0.3) is 0 Å².